The van der Waals surface area contributed by atoms with Gasteiger partial charge in [-0.1, -0.05) is 12.1 Å². The van der Waals surface area contributed by atoms with Gasteiger partial charge < -0.3 is 20.5 Å². The molecule has 0 unspecified atom stereocenters. The SMILES string of the molecule is COc1nn2ccccc2c1N=C1N=C(Nc2c(OC)nn3ccccc23)C(=N)C=C1N. The number of methoxy groups -OCH3 is 2. The highest BCUT2D eigenvalue weighted by molar-refractivity contribution is 6.52. The smallest absolute Gasteiger partial charge is 0.259 e. The van der Waals surface area contributed by atoms with Gasteiger partial charge in [-0.25, -0.2) is 19.0 Å². The average Bonchev–Trinajstić information content (AvgIpc) is 3.35. The molecule has 0 atom stereocenters. The molecule has 5 rings (SSSR count). The van der Waals surface area contributed by atoms with Crippen LogP contribution in [0.5, 0.6) is 11.8 Å². The number of nitrogens with one attached hydrogen (secondary N) is 2. The van der Waals surface area contributed by atoms with Gasteiger partial charge in [-0.3, -0.25) is 5.41 Å². The number of fused-ring (bicyclic) bond motifs is 2. The van der Waals surface area contributed by atoms with Gasteiger partial charge in [0.15, 0.2) is 17.4 Å². The first kappa shape index (κ1) is 19.3. The van der Waals surface area contributed by atoms with Gasteiger partial charge in [-0.2, -0.15) is 0 Å². The van der Waals surface area contributed by atoms with Crippen LogP contribution in [0.25, 0.3) is 11.0 Å². The fourth-order valence-electron chi connectivity index (χ4n) is 3.37. The molecule has 0 saturated heterocycles. The molecule has 11 heteroatoms. The number of aromatic nitrogens is 4. The molecule has 1 aliphatic rings. The number of ether oxygens (including phenoxy) is 2. The maximum Gasteiger partial charge on any atom is 0.259 e. The molecule has 0 aromatic carbocycles. The van der Waals surface area contributed by atoms with E-state index in [1.54, 1.807) is 21.4 Å². The van der Waals surface area contributed by atoms with Gasteiger partial charge in [0, 0.05) is 12.4 Å². The number of rotatable bonds is 4. The van der Waals surface area contributed by atoms with Crippen LogP contribution in [0.2, 0.25) is 0 Å². The highest BCUT2D eigenvalue weighted by atomic mass is 16.5. The molecule has 0 saturated carbocycles. The van der Waals surface area contributed by atoms with E-state index in [0.717, 1.165) is 11.0 Å². The van der Waals surface area contributed by atoms with Crippen molar-refractivity contribution in [1.82, 2.24) is 19.2 Å². The maximum absolute atomic E-state index is 8.35. The van der Waals surface area contributed by atoms with E-state index >= 15 is 0 Å². The Balaban J connectivity index is 1.60. The Labute approximate surface area is 182 Å². The molecular formula is C21H19N9O2. The largest absolute Gasteiger partial charge is 0.478 e. The van der Waals surface area contributed by atoms with Gasteiger partial charge in [0.05, 0.1) is 36.7 Å². The predicted octanol–water partition coefficient (Wildman–Crippen LogP) is 2.42. The van der Waals surface area contributed by atoms with Crippen LogP contribution in [-0.4, -0.2) is 50.8 Å². The Morgan fingerprint density at radius 3 is 2.34 bits per heavy atom. The summed E-state index contributed by atoms with van der Waals surface area (Å²) in [5, 5.41) is 20.3. The normalized spacial score (nSPS) is 15.2. The Morgan fingerprint density at radius 2 is 1.62 bits per heavy atom. The van der Waals surface area contributed by atoms with Gasteiger partial charge in [0.2, 0.25) is 0 Å². The molecule has 11 nitrogen and oxygen atoms in total. The zero-order valence-electron chi connectivity index (χ0n) is 17.3. The van der Waals surface area contributed by atoms with Crippen LogP contribution in [0, 0.1) is 5.41 Å². The highest BCUT2D eigenvalue weighted by Gasteiger charge is 2.22. The lowest BCUT2D eigenvalue weighted by molar-refractivity contribution is 0.396. The molecule has 0 amide bonds. The quantitative estimate of drug-likeness (QED) is 0.455. The molecule has 0 fully saturated rings. The van der Waals surface area contributed by atoms with Gasteiger partial charge >= 0.3 is 0 Å². The van der Waals surface area contributed by atoms with E-state index in [2.05, 4.69) is 25.5 Å². The minimum atomic E-state index is 0.102. The second-order valence-corrected chi connectivity index (χ2v) is 6.84. The molecule has 0 spiro atoms. The fraction of sp³-hybridized carbons (Fsp3) is 0.0952. The van der Waals surface area contributed by atoms with Gasteiger partial charge in [-0.05, 0) is 30.3 Å². The minimum Gasteiger partial charge on any atom is -0.478 e. The predicted molar refractivity (Wildman–Crippen MR) is 122 cm³/mol. The summed E-state index contributed by atoms with van der Waals surface area (Å²) in [4.78, 5) is 9.13. The average molecular weight is 429 g/mol. The van der Waals surface area contributed by atoms with Crippen LogP contribution in [0.15, 0.2) is 70.5 Å². The third-order valence-electron chi connectivity index (χ3n) is 4.87. The lowest BCUT2D eigenvalue weighted by Crippen LogP contribution is -2.29. The van der Waals surface area contributed by atoms with Crippen molar-refractivity contribution in [3.05, 3.63) is 60.6 Å². The molecule has 4 aromatic heterocycles. The summed E-state index contributed by atoms with van der Waals surface area (Å²) in [7, 11) is 3.05. The first-order chi connectivity index (χ1) is 15.6. The van der Waals surface area contributed by atoms with Crippen molar-refractivity contribution in [3.63, 3.8) is 0 Å². The van der Waals surface area contributed by atoms with Crippen molar-refractivity contribution in [3.8, 4) is 11.8 Å². The summed E-state index contributed by atoms with van der Waals surface area (Å²) in [6.07, 6.45) is 5.09. The Kier molecular flexibility index (Phi) is 4.55. The lowest BCUT2D eigenvalue weighted by Gasteiger charge is -2.15. The number of nitrogens with two attached hydrogens (primary N) is 1. The summed E-state index contributed by atoms with van der Waals surface area (Å²) >= 11 is 0. The molecule has 4 N–H and O–H groups in total. The monoisotopic (exact) mass is 429 g/mol. The second kappa shape index (κ2) is 7.54. The number of anilines is 1. The Bertz CT molecular complexity index is 1460. The minimum absolute atomic E-state index is 0.102. The van der Waals surface area contributed by atoms with Gasteiger partial charge in [-0.15, -0.1) is 10.2 Å². The van der Waals surface area contributed by atoms with Crippen molar-refractivity contribution >= 4 is 39.8 Å². The Hall–Kier alpha value is -4.67. The molecule has 160 valence electrons. The zero-order valence-corrected chi connectivity index (χ0v) is 17.3. The van der Waals surface area contributed by atoms with E-state index in [4.69, 9.17) is 20.6 Å². The summed E-state index contributed by atoms with van der Waals surface area (Å²) in [5.41, 5.74) is 9.08. The van der Waals surface area contributed by atoms with Crippen molar-refractivity contribution in [2.75, 3.05) is 19.5 Å². The van der Waals surface area contributed by atoms with E-state index in [-0.39, 0.29) is 23.1 Å². The van der Waals surface area contributed by atoms with Crippen LogP contribution in [0.1, 0.15) is 0 Å². The van der Waals surface area contributed by atoms with Crippen molar-refractivity contribution in [2.24, 2.45) is 15.7 Å². The number of hydrogen-bond acceptors (Lipinski definition) is 8. The van der Waals surface area contributed by atoms with E-state index in [1.807, 2.05) is 36.4 Å². The third-order valence-corrected chi connectivity index (χ3v) is 4.87. The molecular weight excluding hydrogens is 410 g/mol. The van der Waals surface area contributed by atoms with Crippen LogP contribution in [-0.2, 0) is 0 Å². The number of nitrogens with zero attached hydrogens (tertiary/aromatic N) is 6. The van der Waals surface area contributed by atoms with Gasteiger partial charge in [0.1, 0.15) is 5.69 Å². The Morgan fingerprint density at radius 1 is 0.969 bits per heavy atom. The molecule has 1 aliphatic heterocycles. The van der Waals surface area contributed by atoms with Crippen LogP contribution >= 0.6 is 0 Å². The molecule has 0 bridgehead atoms. The van der Waals surface area contributed by atoms with Crippen molar-refractivity contribution < 1.29 is 9.47 Å². The number of hydrogen-bond donors (Lipinski definition) is 3. The number of aliphatic imine (C=N–C) groups is 2. The topological polar surface area (TPSA) is 140 Å². The summed E-state index contributed by atoms with van der Waals surface area (Å²) in [6, 6.07) is 11.2. The first-order valence-corrected chi connectivity index (χ1v) is 9.62. The van der Waals surface area contributed by atoms with Crippen LogP contribution in [0.3, 0.4) is 0 Å². The van der Waals surface area contributed by atoms with Crippen molar-refractivity contribution in [2.45, 2.75) is 0 Å². The number of dihydropyridines is 1. The van der Waals surface area contributed by atoms with E-state index in [0.29, 0.717) is 23.1 Å². The summed E-state index contributed by atoms with van der Waals surface area (Å²) in [5.74, 6) is 1.20. The summed E-state index contributed by atoms with van der Waals surface area (Å²) < 4.78 is 14.1. The number of pyridine rings is 2. The van der Waals surface area contributed by atoms with E-state index < -0.39 is 0 Å². The van der Waals surface area contributed by atoms with E-state index in [9.17, 15) is 0 Å². The lowest BCUT2D eigenvalue weighted by atomic mass is 10.2. The van der Waals surface area contributed by atoms with Crippen LogP contribution in [0.4, 0.5) is 11.4 Å². The fourth-order valence-corrected chi connectivity index (χ4v) is 3.37. The van der Waals surface area contributed by atoms with E-state index in [1.165, 1.54) is 20.3 Å². The molecule has 0 radical (unpaired) electrons. The van der Waals surface area contributed by atoms with Gasteiger partial charge in [0.25, 0.3) is 11.8 Å². The maximum atomic E-state index is 8.35. The molecule has 32 heavy (non-hydrogen) atoms. The number of amidine groups is 2. The van der Waals surface area contributed by atoms with Crippen molar-refractivity contribution in [1.29, 1.82) is 5.41 Å². The molecule has 0 aliphatic carbocycles. The summed E-state index contributed by atoms with van der Waals surface area (Å²) in [6.45, 7) is 0. The molecule has 4 aromatic rings. The third kappa shape index (κ3) is 3.12. The van der Waals surface area contributed by atoms with Crippen LogP contribution < -0.4 is 20.5 Å². The molecule has 5 heterocycles. The highest BCUT2D eigenvalue weighted by Crippen LogP contribution is 2.33. The standard InChI is InChI=1S/C21H19N9O2/c1-31-20-16(14-7-3-5-9-29(14)27-20)24-18-12(22)11-13(23)19(26-18)25-17-15-8-4-6-10-30(15)28-21(17)32-2/h3-11,22H,23H2,1-2H3,(H,24,25,26). The first-order valence-electron chi connectivity index (χ1n) is 9.62. The second-order valence-electron chi connectivity index (χ2n) is 6.84. The zero-order chi connectivity index (χ0) is 22.2.